The molecule has 0 aliphatic rings. The Morgan fingerprint density at radius 2 is 1.85 bits per heavy atom. The third kappa shape index (κ3) is 5.21. The number of rotatable bonds is 6. The van der Waals surface area contributed by atoms with Gasteiger partial charge in [0.2, 0.25) is 5.91 Å². The third-order valence-electron chi connectivity index (χ3n) is 3.69. The minimum absolute atomic E-state index is 0.0747. The van der Waals surface area contributed by atoms with E-state index in [4.69, 9.17) is 4.74 Å². The van der Waals surface area contributed by atoms with Crippen molar-refractivity contribution in [3.05, 3.63) is 61.5 Å². The van der Waals surface area contributed by atoms with E-state index in [1.165, 1.54) is 22.7 Å². The van der Waals surface area contributed by atoms with Crippen molar-refractivity contribution in [3.63, 3.8) is 0 Å². The summed E-state index contributed by atoms with van der Waals surface area (Å²) in [6, 6.07) is 7.61. The van der Waals surface area contributed by atoms with Crippen molar-refractivity contribution in [3.8, 4) is 0 Å². The van der Waals surface area contributed by atoms with Crippen LogP contribution in [-0.2, 0) is 22.6 Å². The Kier molecular flexibility index (Phi) is 5.98. The maximum absolute atomic E-state index is 12.1. The van der Waals surface area contributed by atoms with Crippen molar-refractivity contribution >= 4 is 40.2 Å². The van der Waals surface area contributed by atoms with Crippen LogP contribution >= 0.6 is 22.7 Å². The van der Waals surface area contributed by atoms with E-state index in [9.17, 15) is 9.59 Å². The zero-order valence-corrected chi connectivity index (χ0v) is 16.9. The molecule has 2 aromatic heterocycles. The van der Waals surface area contributed by atoms with Crippen LogP contribution < -0.4 is 5.32 Å². The number of amides is 1. The third-order valence-corrected chi connectivity index (χ3v) is 5.64. The van der Waals surface area contributed by atoms with Crippen LogP contribution in [0, 0.1) is 20.8 Å². The molecule has 8 heteroatoms. The van der Waals surface area contributed by atoms with Gasteiger partial charge in [-0.05, 0) is 32.9 Å². The van der Waals surface area contributed by atoms with Crippen molar-refractivity contribution in [1.82, 2.24) is 9.97 Å². The molecular weight excluding hydrogens is 382 g/mol. The molecule has 0 saturated heterocycles. The fraction of sp³-hybridized carbons (Fsp3) is 0.263. The van der Waals surface area contributed by atoms with E-state index in [0.717, 1.165) is 16.3 Å². The Balaban J connectivity index is 1.52. The molecule has 27 heavy (non-hydrogen) atoms. The lowest BCUT2D eigenvalue weighted by molar-refractivity contribution is -0.115. The van der Waals surface area contributed by atoms with Crippen LogP contribution in [0.2, 0.25) is 0 Å². The molecule has 0 fully saturated rings. The van der Waals surface area contributed by atoms with Crippen LogP contribution in [0.25, 0.3) is 0 Å². The van der Waals surface area contributed by atoms with Crippen molar-refractivity contribution < 1.29 is 14.3 Å². The first-order valence-electron chi connectivity index (χ1n) is 8.31. The fourth-order valence-corrected chi connectivity index (χ4v) is 3.99. The first-order valence-corrected chi connectivity index (χ1v) is 10.0. The molecule has 0 saturated carbocycles. The second-order valence-corrected chi connectivity index (χ2v) is 8.19. The smallest absolute Gasteiger partial charge is 0.350 e. The zero-order valence-electron chi connectivity index (χ0n) is 15.2. The lowest BCUT2D eigenvalue weighted by Gasteiger charge is -2.04. The van der Waals surface area contributed by atoms with Crippen LogP contribution in [0.5, 0.6) is 0 Å². The molecule has 3 rings (SSSR count). The molecule has 0 aliphatic heterocycles. The highest BCUT2D eigenvalue weighted by atomic mass is 32.1. The highest BCUT2D eigenvalue weighted by Gasteiger charge is 2.16. The van der Waals surface area contributed by atoms with Crippen LogP contribution in [0.15, 0.2) is 29.6 Å². The van der Waals surface area contributed by atoms with Gasteiger partial charge < -0.3 is 10.1 Å². The molecular formula is C19H19N3O3S2. The van der Waals surface area contributed by atoms with Gasteiger partial charge in [0.15, 0.2) is 0 Å². The molecule has 1 aromatic carbocycles. The molecule has 0 aliphatic carbocycles. The molecule has 6 nitrogen and oxygen atoms in total. The highest BCUT2D eigenvalue weighted by Crippen LogP contribution is 2.19. The average molecular weight is 402 g/mol. The summed E-state index contributed by atoms with van der Waals surface area (Å²) in [6.07, 6.45) is 0.180. The summed E-state index contributed by atoms with van der Waals surface area (Å²) >= 11 is 2.69. The van der Waals surface area contributed by atoms with Crippen molar-refractivity contribution in [2.24, 2.45) is 0 Å². The highest BCUT2D eigenvalue weighted by molar-refractivity contribution is 7.13. The maximum atomic E-state index is 12.1. The van der Waals surface area contributed by atoms with E-state index in [-0.39, 0.29) is 18.9 Å². The number of aromatic nitrogens is 2. The maximum Gasteiger partial charge on any atom is 0.350 e. The molecule has 0 bridgehead atoms. The summed E-state index contributed by atoms with van der Waals surface area (Å²) in [6.45, 7) is 5.70. The van der Waals surface area contributed by atoms with Crippen LogP contribution in [-0.4, -0.2) is 21.8 Å². The topological polar surface area (TPSA) is 81.2 Å². The molecule has 0 spiro atoms. The van der Waals surface area contributed by atoms with E-state index < -0.39 is 5.97 Å². The second kappa shape index (κ2) is 8.41. The standard InChI is InChI=1S/C19H19N3O3S2/c1-11-4-6-14(7-5-11)21-16(23)8-17-22-15(10-26-17)9-25-19(24)18-12(2)20-13(3)27-18/h4-7,10H,8-9H2,1-3H3,(H,21,23). The number of ether oxygens (including phenoxy) is 1. The quantitative estimate of drug-likeness (QED) is 0.630. The van der Waals surface area contributed by atoms with Gasteiger partial charge in [-0.15, -0.1) is 22.7 Å². The number of nitrogens with zero attached hydrogens (tertiary/aromatic N) is 2. The summed E-state index contributed by atoms with van der Waals surface area (Å²) in [5, 5.41) is 6.15. The van der Waals surface area contributed by atoms with Gasteiger partial charge in [-0.2, -0.15) is 0 Å². The molecule has 140 valence electrons. The van der Waals surface area contributed by atoms with Gasteiger partial charge in [0, 0.05) is 11.1 Å². The summed E-state index contributed by atoms with van der Waals surface area (Å²) in [5.41, 5.74) is 3.20. The summed E-state index contributed by atoms with van der Waals surface area (Å²) in [5.74, 6) is -0.530. The second-order valence-electron chi connectivity index (χ2n) is 6.05. The van der Waals surface area contributed by atoms with Gasteiger partial charge in [-0.25, -0.2) is 14.8 Å². The number of hydrogen-bond donors (Lipinski definition) is 1. The molecule has 2 heterocycles. The van der Waals surface area contributed by atoms with E-state index in [1.807, 2.05) is 38.1 Å². The zero-order chi connectivity index (χ0) is 19.4. The minimum atomic E-state index is -0.398. The van der Waals surface area contributed by atoms with E-state index in [2.05, 4.69) is 15.3 Å². The van der Waals surface area contributed by atoms with Crippen molar-refractivity contribution in [2.75, 3.05) is 5.32 Å². The molecule has 1 amide bonds. The van der Waals surface area contributed by atoms with Gasteiger partial charge in [0.25, 0.3) is 0 Å². The van der Waals surface area contributed by atoms with Gasteiger partial charge in [-0.1, -0.05) is 17.7 Å². The number of nitrogens with one attached hydrogen (secondary N) is 1. The first kappa shape index (κ1) is 19.2. The average Bonchev–Trinajstić information content (AvgIpc) is 3.20. The Morgan fingerprint density at radius 1 is 1.11 bits per heavy atom. The normalized spacial score (nSPS) is 10.6. The molecule has 3 aromatic rings. The Labute approximate surface area is 165 Å². The van der Waals surface area contributed by atoms with Crippen molar-refractivity contribution in [2.45, 2.75) is 33.8 Å². The van der Waals surface area contributed by atoms with Crippen LogP contribution in [0.4, 0.5) is 5.69 Å². The number of hydrogen-bond acceptors (Lipinski definition) is 7. The molecule has 1 N–H and O–H groups in total. The van der Waals surface area contributed by atoms with Crippen LogP contribution in [0.3, 0.4) is 0 Å². The fourth-order valence-electron chi connectivity index (χ4n) is 2.40. The number of carbonyl (C=O) groups is 2. The van der Waals surface area contributed by atoms with Crippen LogP contribution in [0.1, 0.15) is 36.6 Å². The van der Waals surface area contributed by atoms with Crippen molar-refractivity contribution in [1.29, 1.82) is 0 Å². The van der Waals surface area contributed by atoms with Gasteiger partial charge in [-0.3, -0.25) is 4.79 Å². The predicted octanol–water partition coefficient (Wildman–Crippen LogP) is 4.06. The largest absolute Gasteiger partial charge is 0.455 e. The number of benzene rings is 1. The number of anilines is 1. The summed E-state index contributed by atoms with van der Waals surface area (Å²) < 4.78 is 5.31. The monoisotopic (exact) mass is 401 g/mol. The minimum Gasteiger partial charge on any atom is -0.455 e. The van der Waals surface area contributed by atoms with E-state index in [1.54, 1.807) is 12.3 Å². The SMILES string of the molecule is Cc1ccc(NC(=O)Cc2nc(COC(=O)c3sc(C)nc3C)cs2)cc1. The number of aryl methyl sites for hydroxylation is 3. The number of thiazole rings is 2. The Morgan fingerprint density at radius 3 is 2.52 bits per heavy atom. The van der Waals surface area contributed by atoms with Gasteiger partial charge in [0.05, 0.1) is 22.8 Å². The van der Waals surface area contributed by atoms with Gasteiger partial charge >= 0.3 is 5.97 Å². The van der Waals surface area contributed by atoms with Gasteiger partial charge in [0.1, 0.15) is 16.5 Å². The lowest BCUT2D eigenvalue weighted by atomic mass is 10.2. The molecule has 0 radical (unpaired) electrons. The number of esters is 1. The number of carbonyl (C=O) groups excluding carboxylic acids is 2. The van der Waals surface area contributed by atoms with E-state index >= 15 is 0 Å². The lowest BCUT2D eigenvalue weighted by Crippen LogP contribution is -2.14. The first-order chi connectivity index (χ1) is 12.9. The summed E-state index contributed by atoms with van der Waals surface area (Å²) in [4.78, 5) is 33.4. The predicted molar refractivity (Wildman–Crippen MR) is 106 cm³/mol. The Bertz CT molecular complexity index is 961. The molecule has 0 unspecified atom stereocenters. The molecule has 0 atom stereocenters. The van der Waals surface area contributed by atoms with E-state index in [0.29, 0.717) is 21.3 Å². The summed E-state index contributed by atoms with van der Waals surface area (Å²) in [7, 11) is 0. The Hall–Kier alpha value is -2.58.